The molecule has 5 fully saturated rings. The summed E-state index contributed by atoms with van der Waals surface area (Å²) in [6, 6.07) is 1.67. The molecule has 0 saturated heterocycles. The molecule has 3 aromatic heterocycles. The predicted molar refractivity (Wildman–Crippen MR) is 150 cm³/mol. The number of carboxylic acids is 1. The molecule has 41 heavy (non-hydrogen) atoms. The van der Waals surface area contributed by atoms with Crippen molar-refractivity contribution >= 4 is 29.2 Å². The first-order chi connectivity index (χ1) is 19.8. The monoisotopic (exact) mass is 599 g/mol. The molecule has 5 aliphatic carbocycles. The van der Waals surface area contributed by atoms with Crippen molar-refractivity contribution in [3.8, 4) is 22.8 Å². The number of carboxylic acid groups (broad SMARTS) is 1. The lowest BCUT2D eigenvalue weighted by atomic mass is 9.59. The normalized spacial score (nSPS) is 25.3. The Morgan fingerprint density at radius 1 is 1.02 bits per heavy atom. The van der Waals surface area contributed by atoms with Gasteiger partial charge in [0.2, 0.25) is 0 Å². The first-order valence-corrected chi connectivity index (χ1v) is 15.0. The van der Waals surface area contributed by atoms with E-state index in [9.17, 15) is 9.90 Å². The van der Waals surface area contributed by atoms with E-state index in [0.717, 1.165) is 75.5 Å². The topological polar surface area (TPSA) is 117 Å². The van der Waals surface area contributed by atoms with Crippen molar-refractivity contribution in [3.63, 3.8) is 0 Å². The van der Waals surface area contributed by atoms with Gasteiger partial charge in [0.1, 0.15) is 17.2 Å². The van der Waals surface area contributed by atoms with Crippen LogP contribution < -0.4 is 9.47 Å². The van der Waals surface area contributed by atoms with Crippen LogP contribution in [0.5, 0.6) is 11.5 Å². The van der Waals surface area contributed by atoms with Crippen molar-refractivity contribution in [1.82, 2.24) is 15.1 Å². The molecule has 0 aliphatic heterocycles. The zero-order chi connectivity index (χ0) is 28.2. The van der Waals surface area contributed by atoms with Crippen LogP contribution in [0, 0.1) is 5.41 Å². The zero-order valence-electron chi connectivity index (χ0n) is 22.5. The summed E-state index contributed by atoms with van der Waals surface area (Å²) in [5.41, 5.74) is 2.00. The van der Waals surface area contributed by atoms with Gasteiger partial charge in [0.05, 0.1) is 41.2 Å². The fraction of sp³-hybridized carbons (Fsp3) is 0.533. The molecule has 5 saturated carbocycles. The van der Waals surface area contributed by atoms with Crippen LogP contribution in [0.1, 0.15) is 91.9 Å². The molecule has 3 heterocycles. The van der Waals surface area contributed by atoms with Crippen LogP contribution in [0.2, 0.25) is 10.0 Å². The Labute approximate surface area is 247 Å². The van der Waals surface area contributed by atoms with Gasteiger partial charge in [-0.15, -0.1) is 0 Å². The molecule has 0 amide bonds. The number of pyridine rings is 2. The number of fused-ring (bicyclic) bond motifs is 3. The van der Waals surface area contributed by atoms with Gasteiger partial charge in [-0.05, 0) is 64.2 Å². The standard InChI is InChI=1S/C30H31Cl2N3O6/c31-21-13-33-14-22(32)24(21)25-20(27(41-35-25)17-1-2-17)15-39-30-8-5-29(6-9-30,7-10-30)16-38-19-11-23(40-18-3-4-18)26(28(36)37)34-12-19/h11-14,17-18H,1-10,15-16H2,(H,36,37). The number of aromatic nitrogens is 3. The highest BCUT2D eigenvalue weighted by Gasteiger charge is 2.50. The summed E-state index contributed by atoms with van der Waals surface area (Å²) >= 11 is 13.0. The summed E-state index contributed by atoms with van der Waals surface area (Å²) in [6.07, 6.45) is 14.5. The lowest BCUT2D eigenvalue weighted by molar-refractivity contribution is -0.150. The van der Waals surface area contributed by atoms with Crippen LogP contribution in [0.4, 0.5) is 0 Å². The molecule has 0 aromatic carbocycles. The van der Waals surface area contributed by atoms with Crippen LogP contribution in [-0.4, -0.2) is 44.5 Å². The highest BCUT2D eigenvalue weighted by molar-refractivity contribution is 6.38. The predicted octanol–water partition coefficient (Wildman–Crippen LogP) is 7.24. The number of hydrogen-bond donors (Lipinski definition) is 1. The number of rotatable bonds is 11. The van der Waals surface area contributed by atoms with E-state index in [4.69, 9.17) is 41.9 Å². The maximum Gasteiger partial charge on any atom is 0.358 e. The molecule has 5 aliphatic rings. The largest absolute Gasteiger partial charge is 0.491 e. The van der Waals surface area contributed by atoms with Crippen LogP contribution >= 0.6 is 23.2 Å². The van der Waals surface area contributed by atoms with Crippen molar-refractivity contribution in [2.45, 2.75) is 88.4 Å². The third-order valence-electron chi connectivity index (χ3n) is 9.11. The van der Waals surface area contributed by atoms with Crippen LogP contribution in [0.15, 0.2) is 29.2 Å². The Hall–Kier alpha value is -2.88. The Morgan fingerprint density at radius 2 is 1.73 bits per heavy atom. The number of nitrogens with zero attached hydrogens (tertiary/aromatic N) is 3. The van der Waals surface area contributed by atoms with Gasteiger partial charge >= 0.3 is 5.97 Å². The Bertz CT molecular complexity index is 1440. The van der Waals surface area contributed by atoms with Crippen molar-refractivity contribution < 1.29 is 28.6 Å². The Kier molecular flexibility index (Phi) is 6.87. The minimum absolute atomic E-state index is 0.0632. The lowest BCUT2D eigenvalue weighted by Gasteiger charge is -2.52. The molecule has 1 N–H and O–H groups in total. The molecule has 0 radical (unpaired) electrons. The maximum absolute atomic E-state index is 11.6. The van der Waals surface area contributed by atoms with Crippen LogP contribution in [-0.2, 0) is 11.3 Å². The van der Waals surface area contributed by atoms with E-state index in [2.05, 4.69) is 15.1 Å². The molecule has 2 bridgehead atoms. The highest BCUT2D eigenvalue weighted by atomic mass is 35.5. The average Bonchev–Trinajstić information content (AvgIpc) is 3.92. The third kappa shape index (κ3) is 5.40. The van der Waals surface area contributed by atoms with Gasteiger partial charge in [0.15, 0.2) is 11.4 Å². The SMILES string of the molecule is O=C(O)c1ncc(OCC23CCC(OCc4c(-c5c(Cl)cncc5Cl)noc4C4CC4)(CC2)CC3)cc1OC1CC1. The minimum Gasteiger partial charge on any atom is -0.491 e. The molecule has 8 rings (SSSR count). The van der Waals surface area contributed by atoms with E-state index in [1.807, 2.05) is 0 Å². The van der Waals surface area contributed by atoms with Gasteiger partial charge in [-0.25, -0.2) is 9.78 Å². The van der Waals surface area contributed by atoms with Gasteiger partial charge in [-0.2, -0.15) is 0 Å². The molecular weight excluding hydrogens is 569 g/mol. The summed E-state index contributed by atoms with van der Waals surface area (Å²) in [5.74, 6) is 0.962. The van der Waals surface area contributed by atoms with Gasteiger partial charge in [0, 0.05) is 40.9 Å². The van der Waals surface area contributed by atoms with Crippen LogP contribution in [0.25, 0.3) is 11.3 Å². The van der Waals surface area contributed by atoms with Gasteiger partial charge in [-0.3, -0.25) is 4.98 Å². The second-order valence-electron chi connectivity index (χ2n) is 12.0. The molecule has 0 unspecified atom stereocenters. The second kappa shape index (κ2) is 10.4. The van der Waals surface area contributed by atoms with Crippen molar-refractivity contribution in [1.29, 1.82) is 0 Å². The van der Waals surface area contributed by atoms with Gasteiger partial charge in [0.25, 0.3) is 0 Å². The van der Waals surface area contributed by atoms with Crippen molar-refractivity contribution in [3.05, 3.63) is 51.7 Å². The number of hydrogen-bond acceptors (Lipinski definition) is 8. The summed E-state index contributed by atoms with van der Waals surface area (Å²) < 4.78 is 24.5. The quantitative estimate of drug-likeness (QED) is 0.243. The molecule has 0 atom stereocenters. The Morgan fingerprint density at radius 3 is 2.37 bits per heavy atom. The Balaban J connectivity index is 1.02. The molecule has 0 spiro atoms. The van der Waals surface area contributed by atoms with E-state index >= 15 is 0 Å². The average molecular weight is 600 g/mol. The molecule has 216 valence electrons. The number of ether oxygens (including phenoxy) is 3. The summed E-state index contributed by atoms with van der Waals surface area (Å²) in [5, 5.41) is 14.7. The fourth-order valence-electron chi connectivity index (χ4n) is 6.21. The van der Waals surface area contributed by atoms with E-state index < -0.39 is 5.97 Å². The number of aromatic carboxylic acids is 1. The van der Waals surface area contributed by atoms with E-state index in [1.54, 1.807) is 18.5 Å². The van der Waals surface area contributed by atoms with Crippen molar-refractivity contribution in [2.75, 3.05) is 6.61 Å². The summed E-state index contributed by atoms with van der Waals surface area (Å²) in [4.78, 5) is 19.7. The summed E-state index contributed by atoms with van der Waals surface area (Å²) in [7, 11) is 0. The lowest BCUT2D eigenvalue weighted by Crippen LogP contribution is -2.49. The number of halogens is 2. The third-order valence-corrected chi connectivity index (χ3v) is 9.68. The van der Waals surface area contributed by atoms with Gasteiger partial charge in [-0.1, -0.05) is 28.4 Å². The second-order valence-corrected chi connectivity index (χ2v) is 12.8. The zero-order valence-corrected chi connectivity index (χ0v) is 24.0. The van der Waals surface area contributed by atoms with Gasteiger partial charge < -0.3 is 23.8 Å². The van der Waals surface area contributed by atoms with Crippen LogP contribution in [0.3, 0.4) is 0 Å². The van der Waals surface area contributed by atoms with Crippen molar-refractivity contribution in [2.24, 2.45) is 5.41 Å². The molecular formula is C30H31Cl2N3O6. The molecule has 9 nitrogen and oxygen atoms in total. The fourth-order valence-corrected chi connectivity index (χ4v) is 6.75. The highest BCUT2D eigenvalue weighted by Crippen LogP contribution is 2.55. The minimum atomic E-state index is -1.10. The number of carbonyl (C=O) groups is 1. The summed E-state index contributed by atoms with van der Waals surface area (Å²) in [6.45, 7) is 0.954. The van der Waals surface area contributed by atoms with E-state index in [1.165, 1.54) is 6.20 Å². The first-order valence-electron chi connectivity index (χ1n) is 14.3. The molecule has 3 aromatic rings. The van der Waals surface area contributed by atoms with E-state index in [-0.39, 0.29) is 28.6 Å². The van der Waals surface area contributed by atoms with E-state index in [0.29, 0.717) is 46.2 Å². The smallest absolute Gasteiger partial charge is 0.358 e. The maximum atomic E-state index is 11.6. The molecule has 11 heteroatoms. The first kappa shape index (κ1) is 27.0.